The number of carbonyl (C=O) groups excluding carboxylic acids is 2. The van der Waals surface area contributed by atoms with Crippen molar-refractivity contribution in [2.75, 3.05) is 5.32 Å². The summed E-state index contributed by atoms with van der Waals surface area (Å²) in [5.74, 6) is -1.62. The van der Waals surface area contributed by atoms with E-state index in [2.05, 4.69) is 5.32 Å². The minimum atomic E-state index is -4.36. The summed E-state index contributed by atoms with van der Waals surface area (Å²) in [6.07, 6.45) is 0. The van der Waals surface area contributed by atoms with E-state index in [1.165, 1.54) is 6.07 Å². The quantitative estimate of drug-likeness (QED) is 0.567. The minimum Gasteiger partial charge on any atom is -0.318 e. The Labute approximate surface area is 96.8 Å². The van der Waals surface area contributed by atoms with Crippen molar-refractivity contribution in [2.45, 2.75) is 4.90 Å². The highest BCUT2D eigenvalue weighted by atomic mass is 35.5. The van der Waals surface area contributed by atoms with E-state index in [0.717, 1.165) is 12.1 Å². The average molecular weight is 264 g/mol. The van der Waals surface area contributed by atoms with Gasteiger partial charge in [-0.15, -0.1) is 12.4 Å². The molecule has 1 aromatic carbocycles. The zero-order chi connectivity index (χ0) is 11.2. The summed E-state index contributed by atoms with van der Waals surface area (Å²) < 4.78 is 30.2. The van der Waals surface area contributed by atoms with Crippen LogP contribution in [-0.2, 0) is 14.9 Å². The molecule has 6 nitrogen and oxygen atoms in total. The van der Waals surface area contributed by atoms with E-state index in [1.54, 1.807) is 0 Å². The van der Waals surface area contributed by atoms with Crippen molar-refractivity contribution in [2.24, 2.45) is 0 Å². The molecule has 2 rings (SSSR count). The maximum absolute atomic E-state index is 11.2. The van der Waals surface area contributed by atoms with Gasteiger partial charge in [0.2, 0.25) is 0 Å². The number of fused-ring (bicyclic) bond motifs is 1. The summed E-state index contributed by atoms with van der Waals surface area (Å²) in [4.78, 5) is 21.7. The summed E-state index contributed by atoms with van der Waals surface area (Å²) in [7, 11) is -4.36. The molecule has 2 N–H and O–H groups in total. The van der Waals surface area contributed by atoms with Gasteiger partial charge in [-0.25, -0.2) is 0 Å². The van der Waals surface area contributed by atoms with Gasteiger partial charge in [0.15, 0.2) is 0 Å². The summed E-state index contributed by atoms with van der Waals surface area (Å²) >= 11 is 0. The molecular formula is C8H6ClNO5S. The number of hydrogen-bond acceptors (Lipinski definition) is 4. The van der Waals surface area contributed by atoms with Gasteiger partial charge in [-0.1, -0.05) is 0 Å². The molecule has 1 aliphatic rings. The summed E-state index contributed by atoms with van der Waals surface area (Å²) in [6.45, 7) is 0. The second-order valence-corrected chi connectivity index (χ2v) is 4.39. The minimum absolute atomic E-state index is 0. The highest BCUT2D eigenvalue weighted by Crippen LogP contribution is 2.25. The van der Waals surface area contributed by atoms with Crippen molar-refractivity contribution in [1.82, 2.24) is 0 Å². The van der Waals surface area contributed by atoms with Gasteiger partial charge in [0.05, 0.1) is 16.1 Å². The lowest BCUT2D eigenvalue weighted by atomic mass is 10.1. The molecular weight excluding hydrogens is 258 g/mol. The predicted molar refractivity (Wildman–Crippen MR) is 56.5 cm³/mol. The maximum Gasteiger partial charge on any atom is 0.296 e. The fourth-order valence-electron chi connectivity index (χ4n) is 1.28. The molecule has 0 saturated heterocycles. The first-order chi connectivity index (χ1) is 6.89. The number of anilines is 1. The Morgan fingerprint density at radius 3 is 2.38 bits per heavy atom. The number of carbonyl (C=O) groups is 2. The van der Waals surface area contributed by atoms with Crippen LogP contribution >= 0.6 is 12.4 Å². The summed E-state index contributed by atoms with van der Waals surface area (Å²) in [6, 6.07) is 3.32. The fourth-order valence-corrected chi connectivity index (χ4v) is 1.79. The molecule has 0 aliphatic carbocycles. The zero-order valence-electron chi connectivity index (χ0n) is 7.63. The third-order valence-corrected chi connectivity index (χ3v) is 2.84. The molecule has 8 heteroatoms. The Balaban J connectivity index is 0.00000128. The van der Waals surface area contributed by atoms with Crippen LogP contribution in [0.3, 0.4) is 0 Å². The van der Waals surface area contributed by atoms with Gasteiger partial charge in [-0.2, -0.15) is 8.42 Å². The van der Waals surface area contributed by atoms with Gasteiger partial charge < -0.3 is 5.32 Å². The molecule has 0 saturated carbocycles. The monoisotopic (exact) mass is 263 g/mol. The van der Waals surface area contributed by atoms with Gasteiger partial charge in [-0.3, -0.25) is 14.1 Å². The molecule has 1 aliphatic heterocycles. The predicted octanol–water partition coefficient (Wildman–Crippen LogP) is 0.490. The van der Waals surface area contributed by atoms with Crippen molar-refractivity contribution in [3.05, 3.63) is 23.8 Å². The normalized spacial score (nSPS) is 14.1. The number of hydrogen-bond donors (Lipinski definition) is 2. The van der Waals surface area contributed by atoms with Crippen molar-refractivity contribution >= 4 is 39.9 Å². The van der Waals surface area contributed by atoms with E-state index in [1.807, 2.05) is 0 Å². The lowest BCUT2D eigenvalue weighted by molar-refractivity contribution is -0.112. The van der Waals surface area contributed by atoms with Crippen LogP contribution in [0.5, 0.6) is 0 Å². The van der Waals surface area contributed by atoms with E-state index in [0.29, 0.717) is 0 Å². The van der Waals surface area contributed by atoms with E-state index in [9.17, 15) is 18.0 Å². The van der Waals surface area contributed by atoms with E-state index < -0.39 is 26.7 Å². The molecule has 1 heterocycles. The molecule has 0 atom stereocenters. The van der Waals surface area contributed by atoms with Crippen molar-refractivity contribution in [3.63, 3.8) is 0 Å². The molecule has 16 heavy (non-hydrogen) atoms. The van der Waals surface area contributed by atoms with Gasteiger partial charge in [0.25, 0.3) is 21.8 Å². The van der Waals surface area contributed by atoms with Gasteiger partial charge in [0, 0.05) is 0 Å². The van der Waals surface area contributed by atoms with Crippen LogP contribution < -0.4 is 5.32 Å². The summed E-state index contributed by atoms with van der Waals surface area (Å²) in [5, 5.41) is 2.26. The molecule has 0 spiro atoms. The lowest BCUT2D eigenvalue weighted by Crippen LogP contribution is -2.12. The van der Waals surface area contributed by atoms with E-state index in [4.69, 9.17) is 4.55 Å². The average Bonchev–Trinajstić information content (AvgIpc) is 2.41. The van der Waals surface area contributed by atoms with Gasteiger partial charge >= 0.3 is 0 Å². The SMILES string of the molecule is Cl.O=C1Nc2ccc(S(=O)(=O)O)cc2C1=O. The largest absolute Gasteiger partial charge is 0.318 e. The Bertz CT molecular complexity index is 580. The van der Waals surface area contributed by atoms with Crippen LogP contribution in [0.25, 0.3) is 0 Å². The van der Waals surface area contributed by atoms with Crippen LogP contribution in [0.2, 0.25) is 0 Å². The second kappa shape index (κ2) is 3.85. The highest BCUT2D eigenvalue weighted by molar-refractivity contribution is 7.85. The molecule has 0 aromatic heterocycles. The first kappa shape index (κ1) is 12.6. The van der Waals surface area contributed by atoms with Crippen molar-refractivity contribution in [1.29, 1.82) is 0 Å². The molecule has 1 aromatic rings. The summed E-state index contributed by atoms with van der Waals surface area (Å²) in [5.41, 5.74) is 0.201. The zero-order valence-corrected chi connectivity index (χ0v) is 9.26. The molecule has 86 valence electrons. The number of amides is 1. The number of benzene rings is 1. The van der Waals surface area contributed by atoms with E-state index >= 15 is 0 Å². The van der Waals surface area contributed by atoms with Crippen LogP contribution in [0.1, 0.15) is 10.4 Å². The Hall–Kier alpha value is -1.44. The Morgan fingerprint density at radius 1 is 1.19 bits per heavy atom. The third kappa shape index (κ3) is 1.92. The number of nitrogens with one attached hydrogen (secondary N) is 1. The topological polar surface area (TPSA) is 101 Å². The molecule has 0 unspecified atom stereocenters. The molecule has 0 bridgehead atoms. The number of Topliss-reactive ketones (excluding diaryl/α,β-unsaturated/α-hetero) is 1. The van der Waals surface area contributed by atoms with Crippen LogP contribution in [0.4, 0.5) is 5.69 Å². The molecule has 0 radical (unpaired) electrons. The van der Waals surface area contributed by atoms with Gasteiger partial charge in [0.1, 0.15) is 0 Å². The van der Waals surface area contributed by atoms with Crippen LogP contribution in [-0.4, -0.2) is 24.7 Å². The smallest absolute Gasteiger partial charge is 0.296 e. The Morgan fingerprint density at radius 2 is 1.81 bits per heavy atom. The fraction of sp³-hybridized carbons (Fsp3) is 0. The number of halogens is 1. The molecule has 0 fully saturated rings. The number of rotatable bonds is 1. The standard InChI is InChI=1S/C8H5NO5S.ClH/c10-7-5-3-4(15(12,13)14)1-2-6(5)9-8(7)11;/h1-3H,(H,9,10,11)(H,12,13,14);1H. The first-order valence-corrected chi connectivity index (χ1v) is 5.31. The second-order valence-electron chi connectivity index (χ2n) is 2.97. The van der Waals surface area contributed by atoms with Crippen LogP contribution in [0, 0.1) is 0 Å². The third-order valence-electron chi connectivity index (χ3n) is 1.99. The van der Waals surface area contributed by atoms with Crippen molar-refractivity contribution in [3.8, 4) is 0 Å². The first-order valence-electron chi connectivity index (χ1n) is 3.87. The van der Waals surface area contributed by atoms with Crippen LogP contribution in [0.15, 0.2) is 23.1 Å². The lowest BCUT2D eigenvalue weighted by Gasteiger charge is -1.99. The van der Waals surface area contributed by atoms with Crippen molar-refractivity contribution < 1.29 is 22.6 Å². The number of ketones is 1. The van der Waals surface area contributed by atoms with E-state index in [-0.39, 0.29) is 23.7 Å². The maximum atomic E-state index is 11.2. The van der Waals surface area contributed by atoms with Gasteiger partial charge in [-0.05, 0) is 18.2 Å². The molecule has 1 amide bonds. The Kier molecular flexibility index (Phi) is 3.04. The highest BCUT2D eigenvalue weighted by Gasteiger charge is 2.29.